The topological polar surface area (TPSA) is 24.1 Å². The van der Waals surface area contributed by atoms with Crippen LogP contribution in [0.2, 0.25) is 0 Å². The number of rotatable bonds is 3. The molecule has 4 fully saturated rings. The number of nitrogens with one attached hydrogen (secondary N) is 2. The van der Waals surface area contributed by atoms with Gasteiger partial charge in [0, 0.05) is 18.6 Å². The second-order valence-electron chi connectivity index (χ2n) is 6.35. The molecule has 2 N–H and O–H groups in total. The van der Waals surface area contributed by atoms with Gasteiger partial charge in [0.05, 0.1) is 0 Å². The number of hydrogen-bond acceptors (Lipinski definition) is 2. The zero-order valence-electron chi connectivity index (χ0n) is 9.34. The molecule has 3 atom stereocenters. The van der Waals surface area contributed by atoms with E-state index in [4.69, 9.17) is 0 Å². The van der Waals surface area contributed by atoms with Crippen molar-refractivity contribution in [1.82, 2.24) is 10.6 Å². The largest absolute Gasteiger partial charge is 0.314 e. The van der Waals surface area contributed by atoms with Crippen LogP contribution in [0.4, 0.5) is 0 Å². The standard InChI is InChI=1S/C12H22N2/c1-12(2)4-9(5-12)13-7-10-8-3-11(10)14-6-8/h8-11,13-14H,3-7H2,1-2H3. The highest BCUT2D eigenvalue weighted by atomic mass is 15.1. The molecular weight excluding hydrogens is 172 g/mol. The van der Waals surface area contributed by atoms with E-state index in [2.05, 4.69) is 24.5 Å². The van der Waals surface area contributed by atoms with Crippen LogP contribution in [0.25, 0.3) is 0 Å². The van der Waals surface area contributed by atoms with Crippen molar-refractivity contribution < 1.29 is 0 Å². The van der Waals surface area contributed by atoms with E-state index in [1.807, 2.05) is 0 Å². The molecule has 14 heavy (non-hydrogen) atoms. The summed E-state index contributed by atoms with van der Waals surface area (Å²) in [5, 5.41) is 7.32. The summed E-state index contributed by atoms with van der Waals surface area (Å²) in [6.45, 7) is 7.30. The number of hydrogen-bond donors (Lipinski definition) is 2. The molecule has 2 bridgehead atoms. The van der Waals surface area contributed by atoms with E-state index in [1.165, 1.54) is 32.4 Å². The van der Waals surface area contributed by atoms with Crippen LogP contribution >= 0.6 is 0 Å². The molecule has 0 spiro atoms. The maximum absolute atomic E-state index is 3.74. The van der Waals surface area contributed by atoms with Gasteiger partial charge in [0.1, 0.15) is 0 Å². The van der Waals surface area contributed by atoms with Crippen LogP contribution in [-0.2, 0) is 0 Å². The van der Waals surface area contributed by atoms with Gasteiger partial charge in [-0.05, 0) is 43.1 Å². The lowest BCUT2D eigenvalue weighted by Gasteiger charge is -2.45. The van der Waals surface area contributed by atoms with E-state index in [-0.39, 0.29) is 0 Å². The molecule has 0 aromatic rings. The Balaban J connectivity index is 1.40. The van der Waals surface area contributed by atoms with E-state index < -0.39 is 0 Å². The summed E-state index contributed by atoms with van der Waals surface area (Å²) >= 11 is 0. The van der Waals surface area contributed by atoms with Gasteiger partial charge in [0.25, 0.3) is 0 Å². The second-order valence-corrected chi connectivity index (χ2v) is 6.35. The fraction of sp³-hybridized carbons (Fsp3) is 1.00. The van der Waals surface area contributed by atoms with Crippen LogP contribution in [0.5, 0.6) is 0 Å². The second kappa shape index (κ2) is 2.96. The summed E-state index contributed by atoms with van der Waals surface area (Å²) in [4.78, 5) is 0. The summed E-state index contributed by atoms with van der Waals surface area (Å²) in [6.07, 6.45) is 4.20. The van der Waals surface area contributed by atoms with Gasteiger partial charge in [-0.25, -0.2) is 0 Å². The van der Waals surface area contributed by atoms with Crippen LogP contribution in [0.1, 0.15) is 33.1 Å². The van der Waals surface area contributed by atoms with E-state index in [0.29, 0.717) is 5.41 Å². The van der Waals surface area contributed by atoms with Gasteiger partial charge in [-0.15, -0.1) is 0 Å². The third-order valence-electron chi connectivity index (χ3n) is 4.56. The molecule has 2 heterocycles. The average molecular weight is 194 g/mol. The molecule has 4 rings (SSSR count). The Kier molecular flexibility index (Phi) is 1.94. The molecule has 0 radical (unpaired) electrons. The normalized spacial score (nSPS) is 44.6. The van der Waals surface area contributed by atoms with Crippen LogP contribution in [-0.4, -0.2) is 25.2 Å². The van der Waals surface area contributed by atoms with Gasteiger partial charge in [-0.2, -0.15) is 0 Å². The monoisotopic (exact) mass is 194 g/mol. The lowest BCUT2D eigenvalue weighted by molar-refractivity contribution is 0.108. The van der Waals surface area contributed by atoms with Crippen LogP contribution < -0.4 is 10.6 Å². The lowest BCUT2D eigenvalue weighted by Crippen LogP contribution is -2.51. The Morgan fingerprint density at radius 3 is 2.64 bits per heavy atom. The Labute approximate surface area is 86.8 Å². The molecular formula is C12H22N2. The molecule has 2 heteroatoms. The van der Waals surface area contributed by atoms with Crippen molar-refractivity contribution in [3.8, 4) is 0 Å². The first-order valence-corrected chi connectivity index (χ1v) is 6.11. The highest BCUT2D eigenvalue weighted by Gasteiger charge is 2.46. The molecule has 2 aliphatic carbocycles. The highest BCUT2D eigenvalue weighted by molar-refractivity contribution is 5.03. The average Bonchev–Trinajstić information content (AvgIpc) is 2.60. The predicted molar refractivity (Wildman–Crippen MR) is 58.2 cm³/mol. The Morgan fingerprint density at radius 1 is 1.36 bits per heavy atom. The first-order chi connectivity index (χ1) is 6.64. The van der Waals surface area contributed by atoms with Crippen LogP contribution in [0.3, 0.4) is 0 Å². The molecule has 3 unspecified atom stereocenters. The molecule has 0 aromatic carbocycles. The van der Waals surface area contributed by atoms with Crippen molar-refractivity contribution in [3.05, 3.63) is 0 Å². The van der Waals surface area contributed by atoms with E-state index >= 15 is 0 Å². The van der Waals surface area contributed by atoms with E-state index in [9.17, 15) is 0 Å². The summed E-state index contributed by atoms with van der Waals surface area (Å²) < 4.78 is 0. The minimum Gasteiger partial charge on any atom is -0.314 e. The summed E-state index contributed by atoms with van der Waals surface area (Å²) in [7, 11) is 0. The zero-order valence-corrected chi connectivity index (χ0v) is 9.34. The first-order valence-electron chi connectivity index (χ1n) is 6.11. The van der Waals surface area contributed by atoms with E-state index in [0.717, 1.165) is 23.9 Å². The van der Waals surface area contributed by atoms with Crippen molar-refractivity contribution in [2.24, 2.45) is 17.3 Å². The van der Waals surface area contributed by atoms with Crippen molar-refractivity contribution in [2.45, 2.75) is 45.2 Å². The van der Waals surface area contributed by atoms with Gasteiger partial charge in [0.2, 0.25) is 0 Å². The Hall–Kier alpha value is -0.0800. The van der Waals surface area contributed by atoms with Gasteiger partial charge in [0.15, 0.2) is 0 Å². The van der Waals surface area contributed by atoms with Crippen LogP contribution in [0.15, 0.2) is 0 Å². The minimum atomic E-state index is 0.620. The van der Waals surface area contributed by atoms with Crippen molar-refractivity contribution in [1.29, 1.82) is 0 Å². The van der Waals surface area contributed by atoms with Gasteiger partial charge >= 0.3 is 0 Å². The molecule has 2 aliphatic heterocycles. The Bertz CT molecular complexity index is 214. The molecule has 4 aliphatic rings. The lowest BCUT2D eigenvalue weighted by atomic mass is 9.68. The third-order valence-corrected chi connectivity index (χ3v) is 4.56. The quantitative estimate of drug-likeness (QED) is 0.709. The molecule has 2 saturated heterocycles. The SMILES string of the molecule is CC1(C)CC(NCC2C3CNC2C3)C1. The smallest absolute Gasteiger partial charge is 0.0114 e. The molecule has 0 aromatic heterocycles. The molecule has 2 saturated carbocycles. The molecule has 2 nitrogen and oxygen atoms in total. The highest BCUT2D eigenvalue weighted by Crippen LogP contribution is 2.42. The molecule has 80 valence electrons. The number of fused-ring (bicyclic) bond motifs is 1. The van der Waals surface area contributed by atoms with Crippen molar-refractivity contribution >= 4 is 0 Å². The van der Waals surface area contributed by atoms with Gasteiger partial charge < -0.3 is 10.6 Å². The fourth-order valence-electron chi connectivity index (χ4n) is 3.61. The zero-order chi connectivity index (χ0) is 9.76. The maximum atomic E-state index is 3.74. The van der Waals surface area contributed by atoms with Crippen molar-refractivity contribution in [2.75, 3.05) is 13.1 Å². The third kappa shape index (κ3) is 1.40. The van der Waals surface area contributed by atoms with E-state index in [1.54, 1.807) is 0 Å². The minimum absolute atomic E-state index is 0.620. The molecule has 0 amide bonds. The first kappa shape index (κ1) is 9.17. The Morgan fingerprint density at radius 2 is 2.14 bits per heavy atom. The predicted octanol–water partition coefficient (Wildman–Crippen LogP) is 1.37. The van der Waals surface area contributed by atoms with Crippen molar-refractivity contribution in [3.63, 3.8) is 0 Å². The summed E-state index contributed by atoms with van der Waals surface area (Å²) in [5.74, 6) is 1.96. The summed E-state index contributed by atoms with van der Waals surface area (Å²) in [6, 6.07) is 1.69. The van der Waals surface area contributed by atoms with Gasteiger partial charge in [-0.1, -0.05) is 13.8 Å². The maximum Gasteiger partial charge on any atom is 0.0114 e. The fourth-order valence-corrected chi connectivity index (χ4v) is 3.61. The summed E-state index contributed by atoms with van der Waals surface area (Å²) in [5.41, 5.74) is 0.620. The van der Waals surface area contributed by atoms with Crippen LogP contribution in [0, 0.1) is 17.3 Å². The van der Waals surface area contributed by atoms with Gasteiger partial charge in [-0.3, -0.25) is 0 Å².